The summed E-state index contributed by atoms with van der Waals surface area (Å²) in [6, 6.07) is 4.16. The van der Waals surface area contributed by atoms with Crippen molar-refractivity contribution >= 4 is 17.5 Å². The summed E-state index contributed by atoms with van der Waals surface area (Å²) >= 11 is 5.71. The van der Waals surface area contributed by atoms with Crippen LogP contribution >= 0.6 is 11.6 Å². The molecule has 1 aromatic rings. The summed E-state index contributed by atoms with van der Waals surface area (Å²) in [5.74, 6) is -0.286. The number of piperidine rings is 1. The van der Waals surface area contributed by atoms with Gasteiger partial charge < -0.3 is 10.6 Å². The molecule has 2 N–H and O–H groups in total. The number of hydrogen-bond acceptors (Lipinski definition) is 2. The van der Waals surface area contributed by atoms with E-state index in [1.54, 1.807) is 4.90 Å². The molecule has 1 aliphatic rings. The van der Waals surface area contributed by atoms with Crippen LogP contribution in [0, 0.1) is 11.7 Å². The minimum absolute atomic E-state index is 0.0217. The molecule has 0 saturated carbocycles. The fraction of sp³-hybridized carbons (Fsp3) is 0.500. The van der Waals surface area contributed by atoms with Crippen molar-refractivity contribution in [3.05, 3.63) is 34.6 Å². The average Bonchev–Trinajstić information content (AvgIpc) is 2.41. The Morgan fingerprint density at radius 1 is 1.58 bits per heavy atom. The van der Waals surface area contributed by atoms with Gasteiger partial charge in [0, 0.05) is 24.7 Å². The molecule has 3 nitrogen and oxygen atoms in total. The van der Waals surface area contributed by atoms with Crippen LogP contribution in [0.2, 0.25) is 5.02 Å². The molecule has 1 aliphatic heterocycles. The first kappa shape index (κ1) is 14.3. The second-order valence-electron chi connectivity index (χ2n) is 5.14. The van der Waals surface area contributed by atoms with E-state index in [1.807, 2.05) is 6.92 Å². The van der Waals surface area contributed by atoms with Gasteiger partial charge in [-0.2, -0.15) is 0 Å². The maximum absolute atomic E-state index is 13.1. The van der Waals surface area contributed by atoms with Gasteiger partial charge in [-0.25, -0.2) is 4.39 Å². The van der Waals surface area contributed by atoms with Crippen LogP contribution in [-0.4, -0.2) is 29.9 Å². The molecule has 19 heavy (non-hydrogen) atoms. The van der Waals surface area contributed by atoms with E-state index in [2.05, 4.69) is 0 Å². The van der Waals surface area contributed by atoms with E-state index >= 15 is 0 Å². The Hall–Kier alpha value is -1.13. The Morgan fingerprint density at radius 3 is 2.95 bits per heavy atom. The lowest BCUT2D eigenvalue weighted by Crippen LogP contribution is -2.45. The Balaban J connectivity index is 2.12. The van der Waals surface area contributed by atoms with Gasteiger partial charge in [0.15, 0.2) is 0 Å². The molecule has 104 valence electrons. The van der Waals surface area contributed by atoms with Gasteiger partial charge in [0.1, 0.15) is 5.82 Å². The second kappa shape index (κ2) is 5.88. The number of carbonyl (C=O) groups is 1. The second-order valence-corrected chi connectivity index (χ2v) is 5.55. The molecular weight excluding hydrogens is 267 g/mol. The molecule has 1 aromatic carbocycles. The van der Waals surface area contributed by atoms with Crippen molar-refractivity contribution < 1.29 is 9.18 Å². The highest BCUT2D eigenvalue weighted by Gasteiger charge is 2.26. The minimum Gasteiger partial charge on any atom is -0.338 e. The van der Waals surface area contributed by atoms with E-state index in [0.717, 1.165) is 19.4 Å². The maximum atomic E-state index is 13.1. The van der Waals surface area contributed by atoms with Gasteiger partial charge in [-0.15, -0.1) is 0 Å². The zero-order valence-corrected chi connectivity index (χ0v) is 11.7. The predicted octanol–water partition coefficient (Wildman–Crippen LogP) is 2.68. The largest absolute Gasteiger partial charge is 0.338 e. The highest BCUT2D eigenvalue weighted by Crippen LogP contribution is 2.22. The summed E-state index contributed by atoms with van der Waals surface area (Å²) in [5, 5.41) is -0.0217. The lowest BCUT2D eigenvalue weighted by Gasteiger charge is -2.34. The normalized spacial score (nSPS) is 21.3. The molecular formula is C14H18ClFN2O. The Bertz CT molecular complexity index is 479. The van der Waals surface area contributed by atoms with Crippen LogP contribution in [0.25, 0.3) is 0 Å². The van der Waals surface area contributed by atoms with E-state index < -0.39 is 5.82 Å². The van der Waals surface area contributed by atoms with Crippen LogP contribution < -0.4 is 5.73 Å². The Kier molecular flexibility index (Phi) is 4.42. The lowest BCUT2D eigenvalue weighted by molar-refractivity contribution is 0.0661. The third-order valence-electron chi connectivity index (χ3n) is 3.66. The van der Waals surface area contributed by atoms with Gasteiger partial charge in [0.25, 0.3) is 5.91 Å². The molecule has 2 unspecified atom stereocenters. The van der Waals surface area contributed by atoms with Crippen LogP contribution in [-0.2, 0) is 0 Å². The van der Waals surface area contributed by atoms with E-state index in [1.165, 1.54) is 18.2 Å². The summed E-state index contributed by atoms with van der Waals surface area (Å²) in [5.41, 5.74) is 6.33. The van der Waals surface area contributed by atoms with Gasteiger partial charge in [0.05, 0.1) is 5.02 Å². The van der Waals surface area contributed by atoms with Crippen LogP contribution in [0.15, 0.2) is 18.2 Å². The third-order valence-corrected chi connectivity index (χ3v) is 3.94. The van der Waals surface area contributed by atoms with Crippen LogP contribution in [0.1, 0.15) is 30.1 Å². The van der Waals surface area contributed by atoms with Crippen LogP contribution in [0.5, 0.6) is 0 Å². The topological polar surface area (TPSA) is 46.3 Å². The lowest BCUT2D eigenvalue weighted by atomic mass is 9.92. The van der Waals surface area contributed by atoms with E-state index in [9.17, 15) is 9.18 Å². The quantitative estimate of drug-likeness (QED) is 0.907. The molecule has 1 heterocycles. The highest BCUT2D eigenvalue weighted by atomic mass is 35.5. The maximum Gasteiger partial charge on any atom is 0.253 e. The molecule has 0 radical (unpaired) electrons. The summed E-state index contributed by atoms with van der Waals surface area (Å²) in [6.45, 7) is 3.34. The predicted molar refractivity (Wildman–Crippen MR) is 73.7 cm³/mol. The van der Waals surface area contributed by atoms with Crippen molar-refractivity contribution in [1.82, 2.24) is 4.90 Å². The zero-order chi connectivity index (χ0) is 14.0. The summed E-state index contributed by atoms with van der Waals surface area (Å²) in [6.07, 6.45) is 2.00. The number of benzene rings is 1. The number of hydrogen-bond donors (Lipinski definition) is 1. The summed E-state index contributed by atoms with van der Waals surface area (Å²) in [4.78, 5) is 14.1. The van der Waals surface area contributed by atoms with E-state index in [4.69, 9.17) is 17.3 Å². The summed E-state index contributed by atoms with van der Waals surface area (Å²) < 4.78 is 13.1. The molecule has 0 spiro atoms. The summed E-state index contributed by atoms with van der Waals surface area (Å²) in [7, 11) is 0. The Labute approximate surface area is 117 Å². The van der Waals surface area contributed by atoms with Gasteiger partial charge in [-0.05, 0) is 43.9 Å². The fourth-order valence-corrected chi connectivity index (χ4v) is 2.62. The van der Waals surface area contributed by atoms with Crippen molar-refractivity contribution in [2.45, 2.75) is 25.8 Å². The molecule has 0 bridgehead atoms. The number of nitrogens with two attached hydrogens (primary N) is 1. The van der Waals surface area contributed by atoms with Gasteiger partial charge in [-0.3, -0.25) is 4.79 Å². The zero-order valence-electron chi connectivity index (χ0n) is 10.9. The molecule has 1 fully saturated rings. The molecule has 1 amide bonds. The monoisotopic (exact) mass is 284 g/mol. The SMILES string of the molecule is CC(N)C1CCCN(C(=O)c2ccc(F)c(Cl)c2)C1. The van der Waals surface area contributed by atoms with Crippen molar-refractivity contribution in [3.8, 4) is 0 Å². The van der Waals surface area contributed by atoms with Crippen molar-refractivity contribution in [1.29, 1.82) is 0 Å². The Morgan fingerprint density at radius 2 is 2.32 bits per heavy atom. The molecule has 0 aliphatic carbocycles. The van der Waals surface area contributed by atoms with Gasteiger partial charge >= 0.3 is 0 Å². The number of amides is 1. The standard InChI is InChI=1S/C14H18ClFN2O/c1-9(17)11-3-2-6-18(8-11)14(19)10-4-5-13(16)12(15)7-10/h4-5,7,9,11H,2-3,6,8,17H2,1H3. The fourth-order valence-electron chi connectivity index (χ4n) is 2.44. The average molecular weight is 285 g/mol. The van der Waals surface area contributed by atoms with E-state index in [0.29, 0.717) is 18.0 Å². The molecule has 0 aromatic heterocycles. The van der Waals surface area contributed by atoms with Gasteiger partial charge in [0.2, 0.25) is 0 Å². The van der Waals surface area contributed by atoms with Crippen LogP contribution in [0.4, 0.5) is 4.39 Å². The highest BCUT2D eigenvalue weighted by molar-refractivity contribution is 6.31. The van der Waals surface area contributed by atoms with Crippen molar-refractivity contribution in [3.63, 3.8) is 0 Å². The molecule has 1 saturated heterocycles. The van der Waals surface area contributed by atoms with Crippen molar-refractivity contribution in [2.24, 2.45) is 11.7 Å². The van der Waals surface area contributed by atoms with Gasteiger partial charge in [-0.1, -0.05) is 11.6 Å². The number of rotatable bonds is 2. The smallest absolute Gasteiger partial charge is 0.253 e. The molecule has 2 atom stereocenters. The van der Waals surface area contributed by atoms with Crippen molar-refractivity contribution in [2.75, 3.05) is 13.1 Å². The first-order valence-electron chi connectivity index (χ1n) is 6.49. The number of nitrogens with zero attached hydrogens (tertiary/aromatic N) is 1. The molecule has 2 rings (SSSR count). The molecule has 5 heteroatoms. The number of carbonyl (C=O) groups excluding carboxylic acids is 1. The minimum atomic E-state index is -0.509. The first-order valence-corrected chi connectivity index (χ1v) is 6.86. The van der Waals surface area contributed by atoms with E-state index in [-0.39, 0.29) is 17.0 Å². The number of likely N-dealkylation sites (tertiary alicyclic amines) is 1. The third kappa shape index (κ3) is 3.25. The van der Waals surface area contributed by atoms with Crippen LogP contribution in [0.3, 0.4) is 0 Å². The number of halogens is 2. The first-order chi connectivity index (χ1) is 8.99.